The number of methoxy groups -OCH3 is 1. The molecule has 2 aromatic carbocycles. The average molecular weight is 487 g/mol. The number of hydrogen-bond acceptors (Lipinski definition) is 3. The molecule has 0 bridgehead atoms. The zero-order valence-corrected chi connectivity index (χ0v) is 18.3. The van der Waals surface area contributed by atoms with Crippen LogP contribution in [0.25, 0.3) is 0 Å². The highest BCUT2D eigenvalue weighted by molar-refractivity contribution is 14.0. The minimum absolute atomic E-state index is 0. The largest absolute Gasteiger partial charge is 0.496 e. The van der Waals surface area contributed by atoms with E-state index in [9.17, 15) is 4.39 Å². The van der Waals surface area contributed by atoms with Crippen LogP contribution in [0.3, 0.4) is 0 Å². The second-order valence-electron chi connectivity index (χ2n) is 5.56. The number of aliphatic imine (C=N–C) groups is 1. The Labute approximate surface area is 177 Å². The van der Waals surface area contributed by atoms with Gasteiger partial charge in [0.25, 0.3) is 0 Å². The quantitative estimate of drug-likeness (QED) is 0.335. The first-order valence-electron chi connectivity index (χ1n) is 8.73. The Morgan fingerprint density at radius 3 is 2.52 bits per heavy atom. The van der Waals surface area contributed by atoms with E-state index in [1.54, 1.807) is 13.2 Å². The zero-order valence-electron chi connectivity index (χ0n) is 15.9. The molecule has 2 aromatic rings. The highest BCUT2D eigenvalue weighted by atomic mass is 127. The van der Waals surface area contributed by atoms with Crippen LogP contribution in [0.5, 0.6) is 11.5 Å². The second-order valence-corrected chi connectivity index (χ2v) is 5.56. The summed E-state index contributed by atoms with van der Waals surface area (Å²) in [5.74, 6) is 1.38. The Balaban J connectivity index is 0.00000364. The van der Waals surface area contributed by atoms with Crippen LogP contribution in [-0.2, 0) is 13.1 Å². The number of rotatable bonds is 8. The van der Waals surface area contributed by atoms with Crippen LogP contribution in [0.15, 0.2) is 47.5 Å². The second kappa shape index (κ2) is 12.4. The number of halogens is 2. The van der Waals surface area contributed by atoms with Crippen LogP contribution in [0.1, 0.15) is 25.0 Å². The van der Waals surface area contributed by atoms with Gasteiger partial charge in [-0.3, -0.25) is 0 Å². The fraction of sp³-hybridized carbons (Fsp3) is 0.350. The van der Waals surface area contributed by atoms with Crippen molar-refractivity contribution in [3.63, 3.8) is 0 Å². The molecule has 0 unspecified atom stereocenters. The first-order chi connectivity index (χ1) is 12.7. The summed E-state index contributed by atoms with van der Waals surface area (Å²) in [7, 11) is 1.65. The van der Waals surface area contributed by atoms with Crippen LogP contribution in [-0.4, -0.2) is 26.2 Å². The van der Waals surface area contributed by atoms with Gasteiger partial charge < -0.3 is 20.1 Å². The van der Waals surface area contributed by atoms with Gasteiger partial charge >= 0.3 is 0 Å². The van der Waals surface area contributed by atoms with Crippen LogP contribution >= 0.6 is 24.0 Å². The van der Waals surface area contributed by atoms with E-state index in [1.807, 2.05) is 44.2 Å². The first-order valence-corrected chi connectivity index (χ1v) is 8.73. The van der Waals surface area contributed by atoms with E-state index in [0.29, 0.717) is 25.7 Å². The van der Waals surface area contributed by atoms with Crippen molar-refractivity contribution in [3.05, 3.63) is 59.4 Å². The summed E-state index contributed by atoms with van der Waals surface area (Å²) in [5, 5.41) is 6.46. The molecule has 0 heterocycles. The number of para-hydroxylation sites is 1. The van der Waals surface area contributed by atoms with Crippen molar-refractivity contribution in [1.82, 2.24) is 10.6 Å². The van der Waals surface area contributed by atoms with Crippen molar-refractivity contribution in [2.75, 3.05) is 20.3 Å². The lowest BCUT2D eigenvalue weighted by atomic mass is 10.2. The van der Waals surface area contributed by atoms with Crippen molar-refractivity contribution < 1.29 is 13.9 Å². The van der Waals surface area contributed by atoms with E-state index in [4.69, 9.17) is 9.47 Å². The summed E-state index contributed by atoms with van der Waals surface area (Å²) in [6.07, 6.45) is 0. The zero-order chi connectivity index (χ0) is 18.8. The van der Waals surface area contributed by atoms with Crippen LogP contribution in [0.4, 0.5) is 4.39 Å². The van der Waals surface area contributed by atoms with Crippen LogP contribution in [0.2, 0.25) is 0 Å². The van der Waals surface area contributed by atoms with Crippen LogP contribution in [0, 0.1) is 5.82 Å². The van der Waals surface area contributed by atoms with Gasteiger partial charge in [-0.2, -0.15) is 0 Å². The maximum absolute atomic E-state index is 13.9. The molecular formula is C20H27FIN3O2. The molecule has 7 heteroatoms. The number of nitrogens with zero attached hydrogens (tertiary/aromatic N) is 1. The van der Waals surface area contributed by atoms with E-state index in [2.05, 4.69) is 15.6 Å². The molecule has 0 radical (unpaired) electrons. The molecule has 5 nitrogen and oxygen atoms in total. The molecule has 0 aliphatic rings. The van der Waals surface area contributed by atoms with Crippen molar-refractivity contribution in [2.45, 2.75) is 26.9 Å². The lowest BCUT2D eigenvalue weighted by molar-refractivity contribution is 0.321. The van der Waals surface area contributed by atoms with Gasteiger partial charge in [0.15, 0.2) is 17.5 Å². The molecule has 0 saturated carbocycles. The molecule has 0 saturated heterocycles. The SMILES string of the molecule is CCNC(=NCc1ccc(OCC)c(F)c1)NCc1ccccc1OC.I. The van der Waals surface area contributed by atoms with Gasteiger partial charge in [-0.25, -0.2) is 9.38 Å². The van der Waals surface area contributed by atoms with E-state index < -0.39 is 0 Å². The molecule has 0 fully saturated rings. The number of hydrogen-bond donors (Lipinski definition) is 2. The molecule has 0 aliphatic carbocycles. The number of guanidine groups is 1. The van der Waals surface area contributed by atoms with Gasteiger partial charge in [0, 0.05) is 18.7 Å². The summed E-state index contributed by atoms with van der Waals surface area (Å²) in [4.78, 5) is 4.52. The molecular weight excluding hydrogens is 460 g/mol. The third-order valence-electron chi connectivity index (χ3n) is 3.70. The molecule has 0 amide bonds. The van der Waals surface area contributed by atoms with Crippen molar-refractivity contribution in [2.24, 2.45) is 4.99 Å². The van der Waals surface area contributed by atoms with Gasteiger partial charge in [-0.05, 0) is 37.6 Å². The Morgan fingerprint density at radius 2 is 1.85 bits per heavy atom. The van der Waals surface area contributed by atoms with Crippen molar-refractivity contribution >= 4 is 29.9 Å². The Kier molecular flexibility index (Phi) is 10.5. The summed E-state index contributed by atoms with van der Waals surface area (Å²) >= 11 is 0. The summed E-state index contributed by atoms with van der Waals surface area (Å²) in [6.45, 7) is 5.93. The molecule has 27 heavy (non-hydrogen) atoms. The van der Waals surface area contributed by atoms with Gasteiger partial charge in [0.1, 0.15) is 5.75 Å². The number of benzene rings is 2. The number of ether oxygens (including phenoxy) is 2. The maximum Gasteiger partial charge on any atom is 0.191 e. The van der Waals surface area contributed by atoms with E-state index in [1.165, 1.54) is 6.07 Å². The van der Waals surface area contributed by atoms with E-state index in [0.717, 1.165) is 23.4 Å². The highest BCUT2D eigenvalue weighted by Crippen LogP contribution is 2.19. The molecule has 0 spiro atoms. The predicted molar refractivity (Wildman–Crippen MR) is 118 cm³/mol. The van der Waals surface area contributed by atoms with Gasteiger partial charge in [-0.1, -0.05) is 24.3 Å². The lowest BCUT2D eigenvalue weighted by Gasteiger charge is -2.13. The summed E-state index contributed by atoms with van der Waals surface area (Å²) < 4.78 is 24.5. The average Bonchev–Trinajstić information content (AvgIpc) is 2.66. The monoisotopic (exact) mass is 487 g/mol. The lowest BCUT2D eigenvalue weighted by Crippen LogP contribution is -2.36. The van der Waals surface area contributed by atoms with Gasteiger partial charge in [-0.15, -0.1) is 24.0 Å². The molecule has 0 aliphatic heterocycles. The van der Waals surface area contributed by atoms with Crippen molar-refractivity contribution in [3.8, 4) is 11.5 Å². The third kappa shape index (κ3) is 7.24. The fourth-order valence-electron chi connectivity index (χ4n) is 2.46. The van der Waals surface area contributed by atoms with E-state index in [-0.39, 0.29) is 35.5 Å². The number of nitrogens with one attached hydrogen (secondary N) is 2. The standard InChI is InChI=1S/C20H26FN3O2.HI/c1-4-22-20(24-14-16-8-6-7-9-18(16)25-3)23-13-15-10-11-19(26-5-2)17(21)12-15;/h6-12H,4-5,13-14H2,1-3H3,(H2,22,23,24);1H. The van der Waals surface area contributed by atoms with E-state index >= 15 is 0 Å². The minimum Gasteiger partial charge on any atom is -0.496 e. The Hall–Kier alpha value is -2.03. The Bertz CT molecular complexity index is 741. The van der Waals surface area contributed by atoms with Crippen LogP contribution < -0.4 is 20.1 Å². The smallest absolute Gasteiger partial charge is 0.191 e. The summed E-state index contributed by atoms with van der Waals surface area (Å²) in [5.41, 5.74) is 1.81. The normalized spacial score (nSPS) is 10.7. The molecule has 0 aromatic heterocycles. The first kappa shape index (κ1) is 23.0. The highest BCUT2D eigenvalue weighted by Gasteiger charge is 2.06. The topological polar surface area (TPSA) is 54.9 Å². The summed E-state index contributed by atoms with van der Waals surface area (Å²) in [6, 6.07) is 12.7. The molecule has 148 valence electrons. The third-order valence-corrected chi connectivity index (χ3v) is 3.70. The van der Waals surface area contributed by atoms with Gasteiger partial charge in [0.2, 0.25) is 0 Å². The Morgan fingerprint density at radius 1 is 1.07 bits per heavy atom. The fourth-order valence-corrected chi connectivity index (χ4v) is 2.46. The molecule has 0 atom stereocenters. The molecule has 2 rings (SSSR count). The minimum atomic E-state index is -0.369. The predicted octanol–water partition coefficient (Wildman–Crippen LogP) is 4.11. The van der Waals surface area contributed by atoms with Gasteiger partial charge in [0.05, 0.1) is 20.3 Å². The molecule has 2 N–H and O–H groups in total. The maximum atomic E-state index is 13.9. The van der Waals surface area contributed by atoms with Crippen molar-refractivity contribution in [1.29, 1.82) is 0 Å².